The number of anilines is 1. The van der Waals surface area contributed by atoms with Crippen molar-refractivity contribution in [2.24, 2.45) is 5.41 Å². The van der Waals surface area contributed by atoms with Crippen LogP contribution in [0.2, 0.25) is 0 Å². The third-order valence-corrected chi connectivity index (χ3v) is 6.96. The molecule has 4 rings (SSSR count). The average molecular weight is 528 g/mol. The van der Waals surface area contributed by atoms with Crippen LogP contribution in [0.1, 0.15) is 64.7 Å². The van der Waals surface area contributed by atoms with Gasteiger partial charge in [-0.25, -0.2) is 9.78 Å². The molecule has 34 heavy (non-hydrogen) atoms. The van der Waals surface area contributed by atoms with Crippen LogP contribution in [0.3, 0.4) is 0 Å². The van der Waals surface area contributed by atoms with Crippen molar-refractivity contribution in [3.63, 3.8) is 0 Å². The maximum atomic E-state index is 12.5. The van der Waals surface area contributed by atoms with Crippen LogP contribution in [0.4, 0.5) is 5.82 Å². The summed E-state index contributed by atoms with van der Waals surface area (Å²) >= 11 is 3.55. The molecular weight excluding hydrogens is 494 g/mol. The van der Waals surface area contributed by atoms with Gasteiger partial charge in [-0.1, -0.05) is 41.9 Å². The van der Waals surface area contributed by atoms with Gasteiger partial charge in [-0.3, -0.25) is 4.40 Å². The van der Waals surface area contributed by atoms with E-state index in [2.05, 4.69) is 39.1 Å². The lowest BCUT2D eigenvalue weighted by Gasteiger charge is -2.40. The van der Waals surface area contributed by atoms with E-state index in [-0.39, 0.29) is 5.41 Å². The molecule has 3 aromatic rings. The molecule has 6 nitrogen and oxygen atoms in total. The van der Waals surface area contributed by atoms with E-state index in [9.17, 15) is 9.90 Å². The van der Waals surface area contributed by atoms with E-state index in [1.54, 1.807) is 0 Å². The number of ether oxygens (including phenoxy) is 1. The highest BCUT2D eigenvalue weighted by Gasteiger charge is 2.35. The first-order valence-electron chi connectivity index (χ1n) is 11.8. The van der Waals surface area contributed by atoms with E-state index in [1.165, 1.54) is 0 Å². The molecule has 1 aliphatic heterocycles. The van der Waals surface area contributed by atoms with Crippen LogP contribution in [0.15, 0.2) is 41.0 Å². The summed E-state index contributed by atoms with van der Waals surface area (Å²) in [5.74, 6) is -0.112. The van der Waals surface area contributed by atoms with E-state index >= 15 is 0 Å². The van der Waals surface area contributed by atoms with Crippen molar-refractivity contribution < 1.29 is 14.6 Å². The summed E-state index contributed by atoms with van der Waals surface area (Å²) < 4.78 is 9.17. The number of carboxylic acid groups (broad SMARTS) is 1. The fourth-order valence-corrected chi connectivity index (χ4v) is 4.99. The van der Waals surface area contributed by atoms with Gasteiger partial charge < -0.3 is 14.7 Å². The van der Waals surface area contributed by atoms with E-state index < -0.39 is 17.7 Å². The molecular formula is C27H34BrN3O3. The van der Waals surface area contributed by atoms with Crippen LogP contribution in [-0.2, 0) is 9.53 Å². The second kappa shape index (κ2) is 9.00. The monoisotopic (exact) mass is 527 g/mol. The number of rotatable bonds is 5. The molecule has 3 heterocycles. The smallest absolute Gasteiger partial charge is 0.337 e. The van der Waals surface area contributed by atoms with Crippen molar-refractivity contribution in [2.75, 3.05) is 18.0 Å². The van der Waals surface area contributed by atoms with Gasteiger partial charge in [0.15, 0.2) is 6.10 Å². The zero-order valence-corrected chi connectivity index (χ0v) is 22.4. The summed E-state index contributed by atoms with van der Waals surface area (Å²) in [6.07, 6.45) is 3.01. The molecule has 1 N–H and O–H groups in total. The highest BCUT2D eigenvalue weighted by molar-refractivity contribution is 9.10. The minimum atomic E-state index is -1.08. The first kappa shape index (κ1) is 24.7. The number of nitrogens with zero attached hydrogens (tertiary/aromatic N) is 3. The molecule has 1 saturated heterocycles. The number of benzene rings is 1. The molecule has 1 atom stereocenters. The number of hydrogen-bond donors (Lipinski definition) is 1. The molecule has 0 aliphatic carbocycles. The van der Waals surface area contributed by atoms with Crippen molar-refractivity contribution in [3.05, 3.63) is 52.1 Å². The number of imidazole rings is 1. The van der Waals surface area contributed by atoms with Gasteiger partial charge in [0.25, 0.3) is 0 Å². The normalized spacial score (nSPS) is 17.2. The summed E-state index contributed by atoms with van der Waals surface area (Å²) in [6, 6.07) is 10.0. The molecule has 2 aromatic heterocycles. The van der Waals surface area contributed by atoms with Gasteiger partial charge in [0.05, 0.1) is 11.3 Å². The quantitative estimate of drug-likeness (QED) is 0.402. The summed E-state index contributed by atoms with van der Waals surface area (Å²) in [4.78, 5) is 19.7. The Morgan fingerprint density at radius 1 is 1.21 bits per heavy atom. The fraction of sp³-hybridized carbons (Fsp3) is 0.481. The zero-order valence-electron chi connectivity index (χ0n) is 20.9. The van der Waals surface area contributed by atoms with Gasteiger partial charge in [0, 0.05) is 34.9 Å². The maximum absolute atomic E-state index is 12.5. The Morgan fingerprint density at radius 2 is 1.88 bits per heavy atom. The van der Waals surface area contributed by atoms with Crippen molar-refractivity contribution in [2.45, 2.75) is 66.1 Å². The lowest BCUT2D eigenvalue weighted by molar-refractivity contribution is -0.160. The van der Waals surface area contributed by atoms with Crippen LogP contribution >= 0.6 is 15.9 Å². The first-order valence-corrected chi connectivity index (χ1v) is 12.6. The van der Waals surface area contributed by atoms with Gasteiger partial charge in [-0.15, -0.1) is 0 Å². The molecule has 1 fully saturated rings. The Hall–Kier alpha value is -2.38. The van der Waals surface area contributed by atoms with E-state index in [0.29, 0.717) is 5.56 Å². The lowest BCUT2D eigenvalue weighted by atomic mass is 9.82. The third-order valence-electron chi connectivity index (χ3n) is 6.47. The van der Waals surface area contributed by atoms with Crippen LogP contribution < -0.4 is 4.90 Å². The second-order valence-corrected chi connectivity index (χ2v) is 11.9. The molecule has 1 aliphatic rings. The second-order valence-electron chi connectivity index (χ2n) is 11.0. The van der Waals surface area contributed by atoms with E-state index in [1.807, 2.05) is 64.2 Å². The average Bonchev–Trinajstić information content (AvgIpc) is 3.14. The number of halogens is 1. The van der Waals surface area contributed by atoms with E-state index in [0.717, 1.165) is 58.7 Å². The molecule has 0 amide bonds. The van der Waals surface area contributed by atoms with Crippen LogP contribution in [-0.4, -0.2) is 39.2 Å². The van der Waals surface area contributed by atoms with Crippen LogP contribution in [0.5, 0.6) is 0 Å². The molecule has 0 saturated carbocycles. The molecule has 1 unspecified atom stereocenters. The standard InChI is InChI=1S/C27H34BrN3O3/c1-17-14-21-29-20(18-8-7-9-19(28)15-18)16-31(21)24(30-12-10-27(5,6)11-13-30)22(17)23(25(32)33)34-26(2,3)4/h7-9,14-16,23H,10-13H2,1-6H3,(H,32,33). The number of fused-ring (bicyclic) bond motifs is 1. The number of aliphatic carboxylic acids is 1. The minimum Gasteiger partial charge on any atom is -0.479 e. The first-order chi connectivity index (χ1) is 15.8. The predicted molar refractivity (Wildman–Crippen MR) is 140 cm³/mol. The van der Waals surface area contributed by atoms with Gasteiger partial charge in [-0.2, -0.15) is 0 Å². The summed E-state index contributed by atoms with van der Waals surface area (Å²) in [5.41, 5.74) is 3.88. The SMILES string of the molecule is Cc1cc2nc(-c3cccc(Br)c3)cn2c(N2CCC(C)(C)CC2)c1C(OC(C)(C)C)C(=O)O. The van der Waals surface area contributed by atoms with Crippen molar-refractivity contribution in [1.29, 1.82) is 0 Å². The van der Waals surface area contributed by atoms with E-state index in [4.69, 9.17) is 9.72 Å². The molecule has 0 spiro atoms. The fourth-order valence-electron chi connectivity index (χ4n) is 4.59. The van der Waals surface area contributed by atoms with Crippen molar-refractivity contribution >= 4 is 33.4 Å². The third kappa shape index (κ3) is 5.15. The van der Waals surface area contributed by atoms with Gasteiger partial charge >= 0.3 is 5.97 Å². The molecule has 7 heteroatoms. The van der Waals surface area contributed by atoms with Crippen LogP contribution in [0.25, 0.3) is 16.9 Å². The van der Waals surface area contributed by atoms with Gasteiger partial charge in [0.2, 0.25) is 0 Å². The zero-order chi connectivity index (χ0) is 24.8. The summed E-state index contributed by atoms with van der Waals surface area (Å²) in [5, 5.41) is 10.2. The Labute approximate surface area is 210 Å². The Morgan fingerprint density at radius 3 is 2.47 bits per heavy atom. The minimum absolute atomic E-state index is 0.268. The molecule has 0 radical (unpaired) electrons. The number of aryl methyl sites for hydroxylation is 1. The maximum Gasteiger partial charge on any atom is 0.337 e. The van der Waals surface area contributed by atoms with Crippen LogP contribution in [0, 0.1) is 12.3 Å². The highest BCUT2D eigenvalue weighted by Crippen LogP contribution is 2.40. The molecule has 182 valence electrons. The number of carbonyl (C=O) groups is 1. The Balaban J connectivity index is 1.94. The Bertz CT molecular complexity index is 1220. The van der Waals surface area contributed by atoms with Gasteiger partial charge in [-0.05, 0) is 69.7 Å². The largest absolute Gasteiger partial charge is 0.479 e. The molecule has 1 aromatic carbocycles. The number of carboxylic acids is 1. The molecule has 0 bridgehead atoms. The highest BCUT2D eigenvalue weighted by atomic mass is 79.9. The predicted octanol–water partition coefficient (Wildman–Crippen LogP) is 6.64. The van der Waals surface area contributed by atoms with Crippen molar-refractivity contribution in [1.82, 2.24) is 9.38 Å². The number of aromatic nitrogens is 2. The number of hydrogen-bond acceptors (Lipinski definition) is 4. The number of pyridine rings is 1. The summed E-state index contributed by atoms with van der Waals surface area (Å²) in [7, 11) is 0. The van der Waals surface area contributed by atoms with Crippen molar-refractivity contribution in [3.8, 4) is 11.3 Å². The number of piperidine rings is 1. The summed E-state index contributed by atoms with van der Waals surface area (Å²) in [6.45, 7) is 13.9. The topological polar surface area (TPSA) is 67.1 Å². The van der Waals surface area contributed by atoms with Gasteiger partial charge in [0.1, 0.15) is 11.5 Å². The Kier molecular flexibility index (Phi) is 6.55. The lowest BCUT2D eigenvalue weighted by Crippen LogP contribution is -2.40.